The molecule has 0 saturated carbocycles. The van der Waals surface area contributed by atoms with Crippen LogP contribution in [0.3, 0.4) is 0 Å². The van der Waals surface area contributed by atoms with Crippen molar-refractivity contribution < 1.29 is 9.34 Å². The normalized spacial score (nSPS) is 11.3. The Hall–Kier alpha value is -2.10. The third-order valence-electron chi connectivity index (χ3n) is 2.84. The molecule has 2 rings (SSSR count). The third-order valence-corrected chi connectivity index (χ3v) is 2.84. The molecular formula is C14H15NO3. The summed E-state index contributed by atoms with van der Waals surface area (Å²) in [5.41, 5.74) is 0. The van der Waals surface area contributed by atoms with Crippen LogP contribution < -0.4 is 0 Å². The summed E-state index contributed by atoms with van der Waals surface area (Å²) in [7, 11) is 0. The van der Waals surface area contributed by atoms with E-state index < -0.39 is 4.92 Å². The van der Waals surface area contributed by atoms with Gasteiger partial charge in [-0.3, -0.25) is 10.1 Å². The number of nitro groups is 1. The first-order valence-electron chi connectivity index (χ1n) is 6.02. The molecule has 0 fully saturated rings. The zero-order valence-electron chi connectivity index (χ0n) is 10.0. The van der Waals surface area contributed by atoms with Crippen LogP contribution in [0.4, 0.5) is 0 Å². The largest absolute Gasteiger partial charge is 0.468 e. The second-order valence-electron chi connectivity index (χ2n) is 4.16. The first-order valence-corrected chi connectivity index (χ1v) is 6.02. The molecule has 4 heteroatoms. The number of nitrogens with zero attached hydrogens (tertiary/aromatic N) is 1. The molecule has 0 spiro atoms. The molecule has 0 aliphatic carbocycles. The van der Waals surface area contributed by atoms with E-state index in [1.54, 1.807) is 12.3 Å². The van der Waals surface area contributed by atoms with E-state index in [1.165, 1.54) is 5.39 Å². The molecule has 1 aromatic heterocycles. The Balaban J connectivity index is 1.82. The molecule has 0 bridgehead atoms. The van der Waals surface area contributed by atoms with E-state index in [2.05, 4.69) is 6.07 Å². The molecule has 0 aliphatic heterocycles. The highest BCUT2D eigenvalue weighted by atomic mass is 16.6. The van der Waals surface area contributed by atoms with Gasteiger partial charge in [0.2, 0.25) is 6.20 Å². The lowest BCUT2D eigenvalue weighted by atomic mass is 10.1. The number of benzene rings is 1. The Morgan fingerprint density at radius 1 is 1.28 bits per heavy atom. The fourth-order valence-electron chi connectivity index (χ4n) is 1.95. The summed E-state index contributed by atoms with van der Waals surface area (Å²) in [6, 6.07) is 8.08. The standard InChI is InChI=1S/C14H15NO3/c16-15(17)10-6-2-1-3-9-14-13-8-5-4-7-12(13)11-18-14/h4-8,10-11H,1-3,9H2/b10-6+. The molecule has 0 radical (unpaired) electrons. The predicted molar refractivity (Wildman–Crippen MR) is 69.9 cm³/mol. The molecule has 1 heterocycles. The van der Waals surface area contributed by atoms with Gasteiger partial charge < -0.3 is 4.42 Å². The smallest absolute Gasteiger partial charge is 0.230 e. The van der Waals surface area contributed by atoms with Gasteiger partial charge in [-0.15, -0.1) is 0 Å². The molecule has 1 aromatic carbocycles. The lowest BCUT2D eigenvalue weighted by Gasteiger charge is -1.96. The third kappa shape index (κ3) is 3.20. The predicted octanol–water partition coefficient (Wildman–Crippen LogP) is 3.94. The van der Waals surface area contributed by atoms with Crippen molar-refractivity contribution in [3.8, 4) is 0 Å². The average Bonchev–Trinajstić information content (AvgIpc) is 2.77. The van der Waals surface area contributed by atoms with Gasteiger partial charge in [0.05, 0.1) is 11.2 Å². The van der Waals surface area contributed by atoms with E-state index >= 15 is 0 Å². The molecule has 0 saturated heterocycles. The van der Waals surface area contributed by atoms with E-state index in [0.29, 0.717) is 0 Å². The second kappa shape index (κ2) is 6.00. The van der Waals surface area contributed by atoms with Gasteiger partial charge in [0.25, 0.3) is 0 Å². The van der Waals surface area contributed by atoms with Gasteiger partial charge in [-0.25, -0.2) is 0 Å². The van der Waals surface area contributed by atoms with E-state index in [0.717, 1.165) is 43.0 Å². The Kier molecular flexibility index (Phi) is 4.12. The van der Waals surface area contributed by atoms with Crippen LogP contribution in [0.15, 0.2) is 47.2 Å². The fraction of sp³-hybridized carbons (Fsp3) is 0.286. The van der Waals surface area contributed by atoms with E-state index in [1.807, 2.05) is 18.2 Å². The van der Waals surface area contributed by atoms with Crippen molar-refractivity contribution in [1.29, 1.82) is 0 Å². The second-order valence-corrected chi connectivity index (χ2v) is 4.16. The zero-order chi connectivity index (χ0) is 12.8. The minimum absolute atomic E-state index is 0.431. The summed E-state index contributed by atoms with van der Waals surface area (Å²) < 4.78 is 5.53. The molecule has 2 aromatic rings. The number of unbranched alkanes of at least 4 members (excludes halogenated alkanes) is 2. The summed E-state index contributed by atoms with van der Waals surface area (Å²) in [4.78, 5) is 9.64. The van der Waals surface area contributed by atoms with Crippen molar-refractivity contribution in [2.45, 2.75) is 25.7 Å². The summed E-state index contributed by atoms with van der Waals surface area (Å²) in [6.45, 7) is 0. The van der Waals surface area contributed by atoms with Gasteiger partial charge in [-0.2, -0.15) is 0 Å². The SMILES string of the molecule is O=[N+]([O-])/C=C/CCCCc1occ2ccccc12. The molecule has 18 heavy (non-hydrogen) atoms. The highest BCUT2D eigenvalue weighted by Gasteiger charge is 2.04. The topological polar surface area (TPSA) is 56.3 Å². The summed E-state index contributed by atoms with van der Waals surface area (Å²) in [6.07, 6.45) is 7.89. The van der Waals surface area contributed by atoms with E-state index in [-0.39, 0.29) is 0 Å². The fourth-order valence-corrected chi connectivity index (χ4v) is 1.95. The number of allylic oxidation sites excluding steroid dienone is 1. The van der Waals surface area contributed by atoms with Gasteiger partial charge in [0.1, 0.15) is 5.76 Å². The molecule has 0 aliphatic rings. The summed E-state index contributed by atoms with van der Waals surface area (Å²) >= 11 is 0. The lowest BCUT2D eigenvalue weighted by molar-refractivity contribution is -0.402. The number of hydrogen-bond donors (Lipinski definition) is 0. The first-order chi connectivity index (χ1) is 8.77. The molecule has 4 nitrogen and oxygen atoms in total. The van der Waals surface area contributed by atoms with Crippen LogP contribution in [0.1, 0.15) is 25.0 Å². The Bertz CT molecular complexity index is 557. The molecular weight excluding hydrogens is 230 g/mol. The van der Waals surface area contributed by atoms with Crippen molar-refractivity contribution >= 4 is 10.8 Å². The van der Waals surface area contributed by atoms with Crippen LogP contribution in [0.2, 0.25) is 0 Å². The minimum Gasteiger partial charge on any atom is -0.468 e. The Morgan fingerprint density at radius 2 is 2.11 bits per heavy atom. The highest BCUT2D eigenvalue weighted by Crippen LogP contribution is 2.22. The Morgan fingerprint density at radius 3 is 2.94 bits per heavy atom. The number of fused-ring (bicyclic) bond motifs is 1. The molecule has 0 amide bonds. The molecule has 94 valence electrons. The van der Waals surface area contributed by atoms with Gasteiger partial charge in [0.15, 0.2) is 0 Å². The van der Waals surface area contributed by atoms with Crippen LogP contribution in [0.25, 0.3) is 10.8 Å². The zero-order valence-corrected chi connectivity index (χ0v) is 10.0. The van der Waals surface area contributed by atoms with Crippen molar-refractivity contribution in [3.05, 3.63) is 58.7 Å². The van der Waals surface area contributed by atoms with Crippen molar-refractivity contribution in [1.82, 2.24) is 0 Å². The molecule has 0 N–H and O–H groups in total. The van der Waals surface area contributed by atoms with Crippen LogP contribution in [0, 0.1) is 10.1 Å². The van der Waals surface area contributed by atoms with Crippen LogP contribution >= 0.6 is 0 Å². The Labute approximate surface area is 105 Å². The average molecular weight is 245 g/mol. The maximum absolute atomic E-state index is 10.1. The molecule has 0 unspecified atom stereocenters. The van der Waals surface area contributed by atoms with Crippen molar-refractivity contribution in [2.24, 2.45) is 0 Å². The van der Waals surface area contributed by atoms with Crippen molar-refractivity contribution in [2.75, 3.05) is 0 Å². The minimum atomic E-state index is -0.431. The lowest BCUT2D eigenvalue weighted by Crippen LogP contribution is -1.85. The number of furan rings is 1. The highest BCUT2D eigenvalue weighted by molar-refractivity contribution is 5.83. The summed E-state index contributed by atoms with van der Waals surface area (Å²) in [5, 5.41) is 12.4. The quantitative estimate of drug-likeness (QED) is 0.440. The summed E-state index contributed by atoms with van der Waals surface area (Å²) in [5.74, 6) is 1.00. The monoisotopic (exact) mass is 245 g/mol. The van der Waals surface area contributed by atoms with E-state index in [9.17, 15) is 10.1 Å². The van der Waals surface area contributed by atoms with Crippen LogP contribution in [-0.4, -0.2) is 4.92 Å². The van der Waals surface area contributed by atoms with Gasteiger partial charge in [-0.1, -0.05) is 24.3 Å². The number of aryl methyl sites for hydroxylation is 1. The number of hydrogen-bond acceptors (Lipinski definition) is 3. The van der Waals surface area contributed by atoms with Gasteiger partial charge in [-0.05, 0) is 25.3 Å². The maximum atomic E-state index is 10.1. The maximum Gasteiger partial charge on any atom is 0.230 e. The molecule has 0 atom stereocenters. The van der Waals surface area contributed by atoms with Crippen LogP contribution in [0.5, 0.6) is 0 Å². The van der Waals surface area contributed by atoms with E-state index in [4.69, 9.17) is 4.42 Å². The van der Waals surface area contributed by atoms with Crippen molar-refractivity contribution in [3.63, 3.8) is 0 Å². The van der Waals surface area contributed by atoms with Gasteiger partial charge in [0, 0.05) is 17.2 Å². The van der Waals surface area contributed by atoms with Crippen LogP contribution in [-0.2, 0) is 6.42 Å². The first kappa shape index (κ1) is 12.4. The number of rotatable bonds is 6. The van der Waals surface area contributed by atoms with Gasteiger partial charge >= 0.3 is 0 Å².